The van der Waals surface area contributed by atoms with Gasteiger partial charge in [0.1, 0.15) is 0 Å². The molecule has 0 heterocycles. The maximum Gasteiger partial charge on any atom is 0.484 e. The summed E-state index contributed by atoms with van der Waals surface area (Å²) in [7, 11) is -4.83. The Labute approximate surface area is 475 Å². The molecule has 0 aliphatic heterocycles. The molecule has 0 amide bonds. The van der Waals surface area contributed by atoms with Gasteiger partial charge < -0.3 is 14.2 Å². The molecule has 0 saturated carbocycles. The van der Waals surface area contributed by atoms with Crippen LogP contribution in [0.15, 0.2) is 36.5 Å². The highest BCUT2D eigenvalue weighted by molar-refractivity contribution is 7.48. The van der Waals surface area contributed by atoms with Crippen LogP contribution < -0.4 is 0 Å². The van der Waals surface area contributed by atoms with Gasteiger partial charge in [0.2, 0.25) is 18.9 Å². The fraction of sp³-hybridized carbons (Fsp3) is 0.864. The zero-order valence-electron chi connectivity index (χ0n) is 51.8. The Morgan fingerprint density at radius 1 is 0.299 bits per heavy atom. The Balaban J connectivity index is 6.48. The van der Waals surface area contributed by atoms with E-state index in [1.807, 2.05) is 0 Å². The van der Waals surface area contributed by atoms with E-state index >= 15 is 0 Å². The third-order valence-electron chi connectivity index (χ3n) is 15.4. The summed E-state index contributed by atoms with van der Waals surface area (Å²) in [6, 6.07) is 0. The summed E-state index contributed by atoms with van der Waals surface area (Å²) < 4.78 is 50.0. The Bertz CT molecular complexity index is 1320. The van der Waals surface area contributed by atoms with Gasteiger partial charge in [-0.3, -0.25) is 0 Å². The smallest absolute Gasteiger partial charge is 0.432 e. The molecule has 452 valence electrons. The Morgan fingerprint density at radius 3 is 0.623 bits per heavy atom. The summed E-state index contributed by atoms with van der Waals surface area (Å²) in [4.78, 5) is 41.6. The van der Waals surface area contributed by atoms with Gasteiger partial charge in [0, 0.05) is 16.7 Å². The number of phosphoric acid groups is 1. The van der Waals surface area contributed by atoms with Crippen molar-refractivity contribution in [3.05, 3.63) is 36.5 Å². The molecule has 0 aromatic heterocycles. The maximum absolute atomic E-state index is 14.9. The number of hydrogen-bond donors (Lipinski definition) is 0. The summed E-state index contributed by atoms with van der Waals surface area (Å²) >= 11 is 0. The van der Waals surface area contributed by atoms with E-state index in [2.05, 4.69) is 61.3 Å². The predicted molar refractivity (Wildman–Crippen MR) is 323 cm³/mol. The zero-order chi connectivity index (χ0) is 57.4. The zero-order valence-corrected chi connectivity index (χ0v) is 52.7. The van der Waals surface area contributed by atoms with Crippen molar-refractivity contribution >= 4 is 25.7 Å². The lowest BCUT2D eigenvalue weighted by atomic mass is 9.88. The molecule has 11 heteroatoms. The van der Waals surface area contributed by atoms with E-state index in [-0.39, 0.29) is 17.8 Å². The number of carbonyl (C=O) groups excluding carboxylic acids is 3. The highest BCUT2D eigenvalue weighted by Crippen LogP contribution is 2.53. The van der Waals surface area contributed by atoms with Crippen LogP contribution in [0.25, 0.3) is 0 Å². The Morgan fingerprint density at radius 2 is 0.455 bits per heavy atom. The predicted octanol–water partition coefficient (Wildman–Crippen LogP) is 21.8. The first-order valence-corrected chi connectivity index (χ1v) is 33.9. The molecular formula is C66H123O10P. The van der Waals surface area contributed by atoms with E-state index in [1.54, 1.807) is 0 Å². The number of carbonyl (C=O) groups is 3. The van der Waals surface area contributed by atoms with Gasteiger partial charge >= 0.3 is 25.7 Å². The molecule has 0 rings (SSSR count). The second kappa shape index (κ2) is 50.7. The third-order valence-corrected chi connectivity index (χ3v) is 17.0. The van der Waals surface area contributed by atoms with Gasteiger partial charge in [-0.1, -0.05) is 292 Å². The van der Waals surface area contributed by atoms with Gasteiger partial charge in [-0.25, -0.2) is 32.5 Å². The summed E-state index contributed by atoms with van der Waals surface area (Å²) in [5.41, 5.74) is 1.07. The highest BCUT2D eigenvalue weighted by Gasteiger charge is 2.39. The number of esters is 3. The number of hydrogen-bond acceptors (Lipinski definition) is 10. The standard InChI is InChI=1S/C66H123O10P/c1-13-19-25-31-37-43-49-61(50-44-38-32-26-20-14-2)55(7)64(67)71-58(10)74-77(70,75-59(11)72-65(68)56(8)62(51-45-39-33-27-21-15-3)52-46-40-34-28-22-16-4)76-60(12)73-66(69)57(9)63(53-47-41-35-29-23-17-5)54-48-42-36-30-24-18-6/h58-63H,7-9,13-54H2,1-6,10-12H3. The van der Waals surface area contributed by atoms with E-state index < -0.39 is 44.6 Å². The van der Waals surface area contributed by atoms with E-state index in [4.69, 9.17) is 27.8 Å². The van der Waals surface area contributed by atoms with Crippen molar-refractivity contribution in [2.75, 3.05) is 0 Å². The molecule has 0 saturated heterocycles. The van der Waals surface area contributed by atoms with E-state index in [0.29, 0.717) is 16.7 Å². The highest BCUT2D eigenvalue weighted by atomic mass is 31.2. The van der Waals surface area contributed by atoms with Crippen LogP contribution in [0.1, 0.15) is 332 Å². The summed E-state index contributed by atoms with van der Waals surface area (Å²) in [6.45, 7) is 30.3. The second-order valence-electron chi connectivity index (χ2n) is 22.7. The van der Waals surface area contributed by atoms with Gasteiger partial charge in [0.05, 0.1) is 0 Å². The Hall–Kier alpha value is -2.26. The average molecular weight is 1110 g/mol. The van der Waals surface area contributed by atoms with E-state index in [0.717, 1.165) is 154 Å². The van der Waals surface area contributed by atoms with Crippen LogP contribution in [0, 0.1) is 17.8 Å². The fourth-order valence-corrected chi connectivity index (χ4v) is 11.7. The molecule has 10 nitrogen and oxygen atoms in total. The van der Waals surface area contributed by atoms with Gasteiger partial charge in [-0.15, -0.1) is 0 Å². The van der Waals surface area contributed by atoms with Crippen LogP contribution in [0.2, 0.25) is 0 Å². The van der Waals surface area contributed by atoms with Crippen molar-refractivity contribution in [3.63, 3.8) is 0 Å². The fourth-order valence-electron chi connectivity index (χ4n) is 10.4. The van der Waals surface area contributed by atoms with Gasteiger partial charge in [0.25, 0.3) is 0 Å². The molecule has 77 heavy (non-hydrogen) atoms. The van der Waals surface area contributed by atoms with Crippen molar-refractivity contribution in [3.8, 4) is 0 Å². The quantitative estimate of drug-likeness (QED) is 0.0145. The molecule has 0 bridgehead atoms. The lowest BCUT2D eigenvalue weighted by Crippen LogP contribution is -2.27. The molecule has 0 aromatic rings. The second-order valence-corrected chi connectivity index (χ2v) is 24.2. The Kier molecular flexibility index (Phi) is 49.2. The van der Waals surface area contributed by atoms with E-state index in [1.165, 1.54) is 136 Å². The summed E-state index contributed by atoms with van der Waals surface area (Å²) in [5.74, 6) is -2.15. The van der Waals surface area contributed by atoms with Gasteiger partial charge in [-0.2, -0.15) is 0 Å². The van der Waals surface area contributed by atoms with Crippen LogP contribution in [-0.4, -0.2) is 36.8 Å². The third kappa shape index (κ3) is 40.6. The lowest BCUT2D eigenvalue weighted by molar-refractivity contribution is -0.174. The topological polar surface area (TPSA) is 124 Å². The molecule has 0 aliphatic rings. The number of unbranched alkanes of at least 4 members (excludes halogenated alkanes) is 30. The minimum absolute atomic E-state index is 0.0664. The molecule has 0 radical (unpaired) electrons. The summed E-state index contributed by atoms with van der Waals surface area (Å²) in [6.07, 6.45) is 41.8. The molecule has 0 aliphatic carbocycles. The van der Waals surface area contributed by atoms with Crippen molar-refractivity contribution < 1.29 is 46.7 Å². The molecule has 0 fully saturated rings. The number of rotatable bonds is 57. The SMILES string of the molecule is C=C(C(=O)OC(C)OP(=O)(OC(C)OC(=O)C(=C)C(CCCCCCCC)CCCCCCCC)OC(C)OC(=O)C(=C)C(CCCCCCCC)CCCCCCCC)C(CCCCCCCC)CCCCCCCC. The largest absolute Gasteiger partial charge is 0.484 e. The molecule has 0 N–H and O–H groups in total. The van der Waals surface area contributed by atoms with Crippen LogP contribution in [0.5, 0.6) is 0 Å². The van der Waals surface area contributed by atoms with Crippen molar-refractivity contribution in [1.29, 1.82) is 0 Å². The van der Waals surface area contributed by atoms with Crippen molar-refractivity contribution in [2.45, 2.75) is 351 Å². The molecule has 0 aromatic carbocycles. The minimum Gasteiger partial charge on any atom is -0.432 e. The first-order valence-electron chi connectivity index (χ1n) is 32.5. The van der Waals surface area contributed by atoms with Crippen LogP contribution in [-0.2, 0) is 46.7 Å². The van der Waals surface area contributed by atoms with Crippen molar-refractivity contribution in [2.24, 2.45) is 17.8 Å². The van der Waals surface area contributed by atoms with E-state index in [9.17, 15) is 18.9 Å². The van der Waals surface area contributed by atoms with Crippen LogP contribution >= 0.6 is 7.82 Å². The normalized spacial score (nSPS) is 13.7. The summed E-state index contributed by atoms with van der Waals surface area (Å²) in [5, 5.41) is 0. The average Bonchev–Trinajstić information content (AvgIpc) is 3.39. The van der Waals surface area contributed by atoms with Gasteiger partial charge in [-0.05, 0) is 77.0 Å². The molecule has 3 atom stereocenters. The van der Waals surface area contributed by atoms with Crippen LogP contribution in [0.3, 0.4) is 0 Å². The molecule has 3 unspecified atom stereocenters. The molecular weight excluding hydrogens is 984 g/mol. The van der Waals surface area contributed by atoms with Gasteiger partial charge in [0.15, 0.2) is 0 Å². The number of ether oxygens (including phenoxy) is 3. The first-order chi connectivity index (χ1) is 37.1. The monoisotopic (exact) mass is 1110 g/mol. The lowest BCUT2D eigenvalue weighted by Gasteiger charge is -2.28. The van der Waals surface area contributed by atoms with Crippen LogP contribution in [0.4, 0.5) is 0 Å². The minimum atomic E-state index is -4.83. The maximum atomic E-state index is 14.9. The first kappa shape index (κ1) is 74.7. The van der Waals surface area contributed by atoms with Crippen molar-refractivity contribution in [1.82, 2.24) is 0 Å². The number of phosphoric ester groups is 1. The molecule has 0 spiro atoms.